The highest BCUT2D eigenvalue weighted by Gasteiger charge is 2.10. The van der Waals surface area contributed by atoms with E-state index in [1.54, 1.807) is 32.0 Å². The van der Waals surface area contributed by atoms with E-state index in [2.05, 4.69) is 21.2 Å². The summed E-state index contributed by atoms with van der Waals surface area (Å²) in [6, 6.07) is 7.21. The molecule has 0 bridgehead atoms. The molecule has 78 valence electrons. The first-order valence-corrected chi connectivity index (χ1v) is 5.34. The number of anilines is 1. The minimum absolute atomic E-state index is 0.0891. The summed E-state index contributed by atoms with van der Waals surface area (Å²) in [4.78, 5) is 11.4. The van der Waals surface area contributed by atoms with Crippen molar-refractivity contribution in [2.24, 2.45) is 5.92 Å². The van der Waals surface area contributed by atoms with Crippen LogP contribution in [0.2, 0.25) is 0 Å². The summed E-state index contributed by atoms with van der Waals surface area (Å²) in [5, 5.41) is 11.6. The lowest BCUT2D eigenvalue weighted by molar-refractivity contribution is -0.118. The van der Waals surface area contributed by atoms with Crippen LogP contribution in [0.4, 0.5) is 5.69 Å². The van der Waals surface area contributed by atoms with Crippen molar-refractivity contribution in [3.8, 4) is 6.07 Å². The molecule has 0 unspecified atom stereocenters. The molecule has 15 heavy (non-hydrogen) atoms. The quantitative estimate of drug-likeness (QED) is 0.895. The van der Waals surface area contributed by atoms with E-state index in [9.17, 15) is 4.79 Å². The van der Waals surface area contributed by atoms with Crippen molar-refractivity contribution in [3.05, 3.63) is 28.2 Å². The van der Waals surface area contributed by atoms with Gasteiger partial charge in [-0.05, 0) is 18.2 Å². The van der Waals surface area contributed by atoms with Crippen molar-refractivity contribution < 1.29 is 4.79 Å². The topological polar surface area (TPSA) is 52.9 Å². The van der Waals surface area contributed by atoms with Gasteiger partial charge in [0, 0.05) is 10.4 Å². The second kappa shape index (κ2) is 4.94. The van der Waals surface area contributed by atoms with Crippen molar-refractivity contribution >= 4 is 27.5 Å². The van der Waals surface area contributed by atoms with Crippen LogP contribution in [-0.4, -0.2) is 5.91 Å². The molecule has 1 amide bonds. The fraction of sp³-hybridized carbons (Fsp3) is 0.273. The fourth-order valence-corrected chi connectivity index (χ4v) is 1.36. The van der Waals surface area contributed by atoms with Gasteiger partial charge in [-0.15, -0.1) is 0 Å². The van der Waals surface area contributed by atoms with Gasteiger partial charge in [-0.25, -0.2) is 0 Å². The third-order valence-electron chi connectivity index (χ3n) is 1.88. The molecule has 1 N–H and O–H groups in total. The first-order chi connectivity index (χ1) is 7.04. The number of benzene rings is 1. The third kappa shape index (κ3) is 3.07. The standard InChI is InChI=1S/C11H11BrN2O/c1-7(2)11(15)14-10-4-3-9(12)5-8(10)6-13/h3-5,7H,1-2H3,(H,14,15). The van der Waals surface area contributed by atoms with Crippen LogP contribution in [0.3, 0.4) is 0 Å². The Bertz CT molecular complexity index is 421. The van der Waals surface area contributed by atoms with E-state index in [4.69, 9.17) is 5.26 Å². The van der Waals surface area contributed by atoms with Gasteiger partial charge >= 0.3 is 0 Å². The lowest BCUT2D eigenvalue weighted by atomic mass is 10.1. The molecule has 0 aliphatic rings. The van der Waals surface area contributed by atoms with E-state index in [1.807, 2.05) is 6.07 Å². The molecule has 0 radical (unpaired) electrons. The van der Waals surface area contributed by atoms with Crippen LogP contribution in [0.15, 0.2) is 22.7 Å². The number of hydrogen-bond acceptors (Lipinski definition) is 2. The zero-order valence-corrected chi connectivity index (χ0v) is 10.1. The number of rotatable bonds is 2. The summed E-state index contributed by atoms with van der Waals surface area (Å²) < 4.78 is 0.821. The van der Waals surface area contributed by atoms with Gasteiger partial charge < -0.3 is 5.32 Å². The first-order valence-electron chi connectivity index (χ1n) is 4.55. The Morgan fingerprint density at radius 3 is 2.73 bits per heavy atom. The molecule has 0 heterocycles. The van der Waals surface area contributed by atoms with E-state index in [-0.39, 0.29) is 11.8 Å². The lowest BCUT2D eigenvalue weighted by Gasteiger charge is -2.09. The molecular weight excluding hydrogens is 256 g/mol. The normalized spacial score (nSPS) is 9.80. The number of amides is 1. The van der Waals surface area contributed by atoms with Gasteiger partial charge in [-0.1, -0.05) is 29.8 Å². The smallest absolute Gasteiger partial charge is 0.226 e. The maximum Gasteiger partial charge on any atom is 0.226 e. The molecule has 0 saturated carbocycles. The number of hydrogen-bond donors (Lipinski definition) is 1. The highest BCUT2D eigenvalue weighted by molar-refractivity contribution is 9.10. The molecule has 0 aliphatic carbocycles. The molecule has 1 aromatic carbocycles. The van der Waals surface area contributed by atoms with Crippen LogP contribution < -0.4 is 5.32 Å². The van der Waals surface area contributed by atoms with Gasteiger partial charge in [0.05, 0.1) is 11.3 Å². The number of halogens is 1. The van der Waals surface area contributed by atoms with Crippen molar-refractivity contribution in [2.45, 2.75) is 13.8 Å². The first kappa shape index (κ1) is 11.7. The lowest BCUT2D eigenvalue weighted by Crippen LogP contribution is -2.18. The van der Waals surface area contributed by atoms with Crippen LogP contribution in [0.5, 0.6) is 0 Å². The molecule has 3 nitrogen and oxygen atoms in total. The minimum Gasteiger partial charge on any atom is -0.325 e. The second-order valence-corrected chi connectivity index (χ2v) is 4.36. The predicted molar refractivity (Wildman–Crippen MR) is 62.3 cm³/mol. The Kier molecular flexibility index (Phi) is 3.87. The molecule has 1 aromatic rings. The van der Waals surface area contributed by atoms with Gasteiger partial charge in [-0.3, -0.25) is 4.79 Å². The number of carbonyl (C=O) groups is 1. The third-order valence-corrected chi connectivity index (χ3v) is 2.38. The molecule has 0 atom stereocenters. The van der Waals surface area contributed by atoms with Crippen LogP contribution in [0, 0.1) is 17.2 Å². The van der Waals surface area contributed by atoms with E-state index in [1.165, 1.54) is 0 Å². The summed E-state index contributed by atoms with van der Waals surface area (Å²) in [5.74, 6) is -0.186. The van der Waals surface area contributed by atoms with E-state index in [0.717, 1.165) is 4.47 Å². The Labute approximate surface area is 97.2 Å². The van der Waals surface area contributed by atoms with Gasteiger partial charge in [-0.2, -0.15) is 5.26 Å². The Hall–Kier alpha value is -1.34. The molecular formula is C11H11BrN2O. The number of nitriles is 1. The molecule has 4 heteroatoms. The average Bonchev–Trinajstić information content (AvgIpc) is 2.20. The SMILES string of the molecule is CC(C)C(=O)Nc1ccc(Br)cc1C#N. The molecule has 0 aliphatic heterocycles. The van der Waals surface area contributed by atoms with Crippen molar-refractivity contribution in [2.75, 3.05) is 5.32 Å². The maximum absolute atomic E-state index is 11.4. The van der Waals surface area contributed by atoms with E-state index < -0.39 is 0 Å². The number of nitrogens with zero attached hydrogens (tertiary/aromatic N) is 1. The van der Waals surface area contributed by atoms with Gasteiger partial charge in [0.2, 0.25) is 5.91 Å². The zero-order chi connectivity index (χ0) is 11.4. The van der Waals surface area contributed by atoms with Crippen molar-refractivity contribution in [1.29, 1.82) is 5.26 Å². The van der Waals surface area contributed by atoms with Crippen LogP contribution in [0.25, 0.3) is 0 Å². The average molecular weight is 267 g/mol. The molecule has 0 aromatic heterocycles. The van der Waals surface area contributed by atoms with Crippen LogP contribution in [-0.2, 0) is 4.79 Å². The van der Waals surface area contributed by atoms with Gasteiger partial charge in [0.1, 0.15) is 6.07 Å². The summed E-state index contributed by atoms with van der Waals surface area (Å²) in [7, 11) is 0. The minimum atomic E-state index is -0.0970. The maximum atomic E-state index is 11.4. The van der Waals surface area contributed by atoms with Crippen LogP contribution >= 0.6 is 15.9 Å². The van der Waals surface area contributed by atoms with Crippen LogP contribution in [0.1, 0.15) is 19.4 Å². The molecule has 0 saturated heterocycles. The molecule has 0 spiro atoms. The number of carbonyl (C=O) groups excluding carboxylic acids is 1. The van der Waals surface area contributed by atoms with Gasteiger partial charge in [0.25, 0.3) is 0 Å². The number of nitrogens with one attached hydrogen (secondary N) is 1. The van der Waals surface area contributed by atoms with E-state index in [0.29, 0.717) is 11.3 Å². The summed E-state index contributed by atoms with van der Waals surface area (Å²) in [6.45, 7) is 3.61. The van der Waals surface area contributed by atoms with Gasteiger partial charge in [0.15, 0.2) is 0 Å². The van der Waals surface area contributed by atoms with Crippen molar-refractivity contribution in [1.82, 2.24) is 0 Å². The Morgan fingerprint density at radius 1 is 1.53 bits per heavy atom. The molecule has 0 fully saturated rings. The summed E-state index contributed by atoms with van der Waals surface area (Å²) in [6.07, 6.45) is 0. The second-order valence-electron chi connectivity index (χ2n) is 3.45. The summed E-state index contributed by atoms with van der Waals surface area (Å²) in [5.41, 5.74) is 1.01. The largest absolute Gasteiger partial charge is 0.325 e. The summed E-state index contributed by atoms with van der Waals surface area (Å²) >= 11 is 3.27. The zero-order valence-electron chi connectivity index (χ0n) is 8.54. The molecule has 1 rings (SSSR count). The van der Waals surface area contributed by atoms with Crippen molar-refractivity contribution in [3.63, 3.8) is 0 Å². The highest BCUT2D eigenvalue weighted by atomic mass is 79.9. The monoisotopic (exact) mass is 266 g/mol. The Morgan fingerprint density at radius 2 is 2.20 bits per heavy atom. The highest BCUT2D eigenvalue weighted by Crippen LogP contribution is 2.20. The Balaban J connectivity index is 2.96. The van der Waals surface area contributed by atoms with E-state index >= 15 is 0 Å². The predicted octanol–water partition coefficient (Wildman–Crippen LogP) is 2.92. The fourth-order valence-electron chi connectivity index (χ4n) is 0.995.